The Morgan fingerprint density at radius 2 is 2.03 bits per heavy atom. The zero-order valence-electron chi connectivity index (χ0n) is 19.1. The minimum atomic E-state index is -0.884. The smallest absolute Gasteiger partial charge is 0.418 e. The average molecular weight is 538 g/mol. The molecular weight excluding hydrogens is 518 g/mol. The Morgan fingerprint density at radius 1 is 1.19 bits per heavy atom. The van der Waals surface area contributed by atoms with Gasteiger partial charge in [0.15, 0.2) is 5.13 Å². The van der Waals surface area contributed by atoms with Crippen LogP contribution in [0.4, 0.5) is 9.93 Å². The highest BCUT2D eigenvalue weighted by Crippen LogP contribution is 2.35. The highest BCUT2D eigenvalue weighted by atomic mass is 35.5. The van der Waals surface area contributed by atoms with Crippen LogP contribution in [-0.2, 0) is 22.5 Å². The molecule has 5 rings (SSSR count). The number of aliphatic carboxylic acids is 1. The molecule has 0 aliphatic rings. The van der Waals surface area contributed by atoms with E-state index in [0.717, 1.165) is 42.6 Å². The van der Waals surface area contributed by atoms with E-state index in [0.29, 0.717) is 16.7 Å². The Hall–Kier alpha value is -3.66. The number of carboxylic acid groups (broad SMARTS) is 1. The molecule has 0 spiro atoms. The highest BCUT2D eigenvalue weighted by Gasteiger charge is 2.16. The van der Waals surface area contributed by atoms with Gasteiger partial charge in [0.1, 0.15) is 0 Å². The number of anilines is 1. The number of carbonyl (C=O) groups is 2. The van der Waals surface area contributed by atoms with Crippen molar-refractivity contribution in [2.45, 2.75) is 19.9 Å². The molecule has 0 aliphatic heterocycles. The number of nitrogens with one attached hydrogen (secondary N) is 1. The molecule has 0 atom stereocenters. The number of nitrogens with zero attached hydrogens (tertiary/aromatic N) is 2. The zero-order valence-corrected chi connectivity index (χ0v) is 21.5. The lowest BCUT2D eigenvalue weighted by atomic mass is 10.1. The van der Waals surface area contributed by atoms with E-state index in [1.165, 1.54) is 11.3 Å². The van der Waals surface area contributed by atoms with Crippen molar-refractivity contribution >= 4 is 72.5 Å². The van der Waals surface area contributed by atoms with Crippen molar-refractivity contribution in [1.82, 2.24) is 9.55 Å². The summed E-state index contributed by atoms with van der Waals surface area (Å²) >= 11 is 9.21. The number of rotatable bonds is 7. The molecule has 2 aromatic carbocycles. The lowest BCUT2D eigenvalue weighted by Gasteiger charge is -2.07. The largest absolute Gasteiger partial charge is 0.481 e. The first-order valence-electron chi connectivity index (χ1n) is 10.9. The van der Waals surface area contributed by atoms with E-state index >= 15 is 0 Å². The second kappa shape index (κ2) is 9.77. The van der Waals surface area contributed by atoms with Crippen molar-refractivity contribution in [2.24, 2.45) is 0 Å². The Morgan fingerprint density at radius 3 is 2.81 bits per heavy atom. The fraction of sp³-hybridized carbons (Fsp3) is 0.115. The Balaban J connectivity index is 1.52. The van der Waals surface area contributed by atoms with Gasteiger partial charge in [-0.2, -0.15) is 0 Å². The normalized spacial score (nSPS) is 11.2. The molecule has 0 unspecified atom stereocenters. The third kappa shape index (κ3) is 4.99. The number of carbonyl (C=O) groups excluding carboxylic acids is 1. The molecule has 2 N–H and O–H groups in total. The minimum absolute atomic E-state index is 0.0709. The number of hydrogen-bond donors (Lipinski definition) is 2. The summed E-state index contributed by atoms with van der Waals surface area (Å²) in [5.74, 6) is -0.598. The van der Waals surface area contributed by atoms with Crippen molar-refractivity contribution in [3.8, 4) is 10.4 Å². The lowest BCUT2D eigenvalue weighted by Crippen LogP contribution is -2.11. The summed E-state index contributed by atoms with van der Waals surface area (Å²) in [7, 11) is 0. The first-order valence-corrected chi connectivity index (χ1v) is 12.9. The SMILES string of the molecule is C=C(C)OC(=O)Nc1ncc(-c2ccc3c(CC(=O)O)cn(Cc4csc5ccc(Cl)cc45)c3c2)s1. The standard InChI is InChI=1S/C26H20ClN3O4S2/c1-14(2)34-26(33)29-25-28-10-23(36-25)15-3-5-19-16(8-24(31)32)11-30(21(19)7-15)12-17-13-35-22-6-4-18(27)9-20(17)22/h3-7,9-11,13H,1,8,12H2,2H3,(H,31,32)(H,28,29,33). The third-order valence-electron chi connectivity index (χ3n) is 5.53. The maximum absolute atomic E-state index is 11.9. The molecule has 0 fully saturated rings. The Labute approximate surface area is 219 Å². The van der Waals surface area contributed by atoms with E-state index in [1.54, 1.807) is 24.5 Å². The van der Waals surface area contributed by atoms with Gasteiger partial charge >= 0.3 is 12.1 Å². The molecule has 5 aromatic rings. The van der Waals surface area contributed by atoms with Crippen LogP contribution in [0, 0.1) is 0 Å². The molecule has 0 bridgehead atoms. The first kappa shape index (κ1) is 24.1. The molecule has 0 saturated carbocycles. The number of allylic oxidation sites excluding steroid dienone is 1. The molecule has 1 amide bonds. The quantitative estimate of drug-likeness (QED) is 0.211. The van der Waals surface area contributed by atoms with Gasteiger partial charge in [-0.3, -0.25) is 10.1 Å². The number of benzene rings is 2. The maximum atomic E-state index is 11.9. The Bertz CT molecular complexity index is 1650. The van der Waals surface area contributed by atoms with Gasteiger partial charge in [-0.25, -0.2) is 9.78 Å². The summed E-state index contributed by atoms with van der Waals surface area (Å²) in [6.07, 6.45) is 2.87. The zero-order chi connectivity index (χ0) is 25.4. The van der Waals surface area contributed by atoms with Crippen LogP contribution in [0.1, 0.15) is 18.1 Å². The number of ether oxygens (including phenoxy) is 1. The van der Waals surface area contributed by atoms with Gasteiger partial charge in [0, 0.05) is 39.6 Å². The average Bonchev–Trinajstić information content (AvgIpc) is 3.51. The number of amides is 1. The van der Waals surface area contributed by atoms with Gasteiger partial charge in [0.25, 0.3) is 0 Å². The third-order valence-corrected chi connectivity index (χ3v) is 7.74. The molecular formula is C26H20ClN3O4S2. The topological polar surface area (TPSA) is 93.4 Å². The van der Waals surface area contributed by atoms with Crippen LogP contribution in [0.25, 0.3) is 31.4 Å². The van der Waals surface area contributed by atoms with Crippen LogP contribution in [0.2, 0.25) is 5.02 Å². The van der Waals surface area contributed by atoms with Crippen molar-refractivity contribution < 1.29 is 19.4 Å². The highest BCUT2D eigenvalue weighted by molar-refractivity contribution is 7.19. The number of fused-ring (bicyclic) bond motifs is 2. The molecule has 7 nitrogen and oxygen atoms in total. The second-order valence-corrected chi connectivity index (χ2v) is 10.6. The molecule has 3 aromatic heterocycles. The molecule has 0 radical (unpaired) electrons. The predicted octanol–water partition coefficient (Wildman–Crippen LogP) is 7.39. The molecule has 3 heterocycles. The lowest BCUT2D eigenvalue weighted by molar-refractivity contribution is -0.136. The van der Waals surface area contributed by atoms with Crippen LogP contribution in [0.15, 0.2) is 66.5 Å². The molecule has 0 saturated heterocycles. The summed E-state index contributed by atoms with van der Waals surface area (Å²) in [6, 6.07) is 11.7. The number of carboxylic acids is 1. The van der Waals surface area contributed by atoms with Gasteiger partial charge in [-0.15, -0.1) is 11.3 Å². The van der Waals surface area contributed by atoms with E-state index in [4.69, 9.17) is 16.3 Å². The number of thiazole rings is 1. The van der Waals surface area contributed by atoms with Gasteiger partial charge in [-0.1, -0.05) is 41.6 Å². The van der Waals surface area contributed by atoms with E-state index in [2.05, 4.69) is 26.8 Å². The summed E-state index contributed by atoms with van der Waals surface area (Å²) in [5, 5.41) is 17.2. The molecule has 182 valence electrons. The summed E-state index contributed by atoms with van der Waals surface area (Å²) in [4.78, 5) is 28.5. The van der Waals surface area contributed by atoms with E-state index in [-0.39, 0.29) is 12.2 Å². The summed E-state index contributed by atoms with van der Waals surface area (Å²) < 4.78 is 8.15. The maximum Gasteiger partial charge on any atom is 0.418 e. The van der Waals surface area contributed by atoms with Crippen LogP contribution in [0.3, 0.4) is 0 Å². The van der Waals surface area contributed by atoms with Gasteiger partial charge in [0.05, 0.1) is 17.1 Å². The molecule has 10 heteroatoms. The van der Waals surface area contributed by atoms with Gasteiger partial charge < -0.3 is 14.4 Å². The van der Waals surface area contributed by atoms with Crippen molar-refractivity contribution in [3.05, 3.63) is 82.7 Å². The molecule has 36 heavy (non-hydrogen) atoms. The van der Waals surface area contributed by atoms with Crippen LogP contribution in [-0.4, -0.2) is 26.7 Å². The van der Waals surface area contributed by atoms with Crippen LogP contribution >= 0.6 is 34.3 Å². The molecule has 0 aliphatic carbocycles. The van der Waals surface area contributed by atoms with Crippen molar-refractivity contribution in [2.75, 3.05) is 5.32 Å². The Kier molecular flexibility index (Phi) is 6.53. The summed E-state index contributed by atoms with van der Waals surface area (Å²) in [5.41, 5.74) is 3.67. The fourth-order valence-corrected chi connectivity index (χ4v) is 5.96. The first-order chi connectivity index (χ1) is 17.3. The fourth-order valence-electron chi connectivity index (χ4n) is 4.05. The van der Waals surface area contributed by atoms with E-state index in [9.17, 15) is 14.7 Å². The second-order valence-electron chi connectivity index (χ2n) is 8.23. The van der Waals surface area contributed by atoms with Gasteiger partial charge in [-0.05, 0) is 58.6 Å². The number of aromatic nitrogens is 2. The number of hydrogen-bond acceptors (Lipinski definition) is 6. The summed E-state index contributed by atoms with van der Waals surface area (Å²) in [6.45, 7) is 5.71. The van der Waals surface area contributed by atoms with Crippen LogP contribution in [0.5, 0.6) is 0 Å². The minimum Gasteiger partial charge on any atom is -0.481 e. The van der Waals surface area contributed by atoms with Crippen molar-refractivity contribution in [3.63, 3.8) is 0 Å². The van der Waals surface area contributed by atoms with Crippen LogP contribution < -0.4 is 5.32 Å². The predicted molar refractivity (Wildman–Crippen MR) is 145 cm³/mol. The van der Waals surface area contributed by atoms with E-state index < -0.39 is 12.1 Å². The number of halogens is 1. The van der Waals surface area contributed by atoms with Crippen molar-refractivity contribution in [1.29, 1.82) is 0 Å². The number of thiophene rings is 1. The monoisotopic (exact) mass is 537 g/mol. The van der Waals surface area contributed by atoms with Gasteiger partial charge in [0.2, 0.25) is 0 Å². The van der Waals surface area contributed by atoms with E-state index in [1.807, 2.05) is 42.6 Å².